The van der Waals surface area contributed by atoms with E-state index >= 15 is 0 Å². The normalized spacial score (nSPS) is 12.0. The van der Waals surface area contributed by atoms with E-state index in [1.165, 1.54) is 12.1 Å². The maximum Gasteiger partial charge on any atom is 0.416 e. The van der Waals surface area contributed by atoms with Crippen molar-refractivity contribution in [1.82, 2.24) is 9.55 Å². The summed E-state index contributed by atoms with van der Waals surface area (Å²) in [7, 11) is 0. The topological polar surface area (TPSA) is 43.8 Å². The molecule has 0 fully saturated rings. The fraction of sp³-hybridized carbons (Fsp3) is 0.133. The molecule has 0 bridgehead atoms. The Morgan fingerprint density at radius 3 is 2.48 bits per heavy atom. The summed E-state index contributed by atoms with van der Waals surface area (Å²) in [6.07, 6.45) is -0.892. The number of anilines is 1. The van der Waals surface area contributed by atoms with Crippen LogP contribution in [0.25, 0.3) is 11.0 Å². The van der Waals surface area contributed by atoms with Gasteiger partial charge in [-0.25, -0.2) is 0 Å². The monoisotopic (exact) mass is 291 g/mol. The van der Waals surface area contributed by atoms with Crippen LogP contribution in [0.3, 0.4) is 0 Å². The number of rotatable bonds is 2. The molecule has 0 aliphatic rings. The Balaban J connectivity index is 1.90. The molecule has 0 aliphatic carbocycles. The highest BCUT2D eigenvalue weighted by molar-refractivity contribution is 5.78. The van der Waals surface area contributed by atoms with Crippen LogP contribution in [0.2, 0.25) is 0 Å². The standard InChI is InChI=1S/C15H12F3N3/c16-15(17,18)11-3-1-10(2-4-11)9-21-6-5-13-14(21)7-12(19)8-20-13/h1-8H,9,19H2. The smallest absolute Gasteiger partial charge is 0.397 e. The summed E-state index contributed by atoms with van der Waals surface area (Å²) in [5.74, 6) is 0. The number of nitrogens with two attached hydrogens (primary N) is 1. The van der Waals surface area contributed by atoms with Gasteiger partial charge in [-0.1, -0.05) is 12.1 Å². The highest BCUT2D eigenvalue weighted by Crippen LogP contribution is 2.29. The van der Waals surface area contributed by atoms with Crippen LogP contribution in [-0.2, 0) is 12.7 Å². The second-order valence-corrected chi connectivity index (χ2v) is 4.81. The van der Waals surface area contributed by atoms with E-state index in [4.69, 9.17) is 5.73 Å². The quantitative estimate of drug-likeness (QED) is 0.782. The number of alkyl halides is 3. The summed E-state index contributed by atoms with van der Waals surface area (Å²) in [5, 5.41) is 0. The van der Waals surface area contributed by atoms with Crippen molar-refractivity contribution >= 4 is 16.7 Å². The molecule has 21 heavy (non-hydrogen) atoms. The molecule has 1 aromatic carbocycles. The lowest BCUT2D eigenvalue weighted by molar-refractivity contribution is -0.137. The number of hydrogen-bond donors (Lipinski definition) is 1. The largest absolute Gasteiger partial charge is 0.416 e. The Morgan fingerprint density at radius 1 is 1.10 bits per heavy atom. The van der Waals surface area contributed by atoms with Gasteiger partial charge in [0.05, 0.1) is 28.5 Å². The fourth-order valence-corrected chi connectivity index (χ4v) is 2.21. The molecule has 0 amide bonds. The molecule has 108 valence electrons. The molecule has 0 radical (unpaired) electrons. The number of aromatic nitrogens is 2. The molecule has 0 atom stereocenters. The molecule has 3 nitrogen and oxygen atoms in total. The van der Waals surface area contributed by atoms with Gasteiger partial charge in [-0.3, -0.25) is 4.98 Å². The first-order chi connectivity index (χ1) is 9.93. The lowest BCUT2D eigenvalue weighted by Crippen LogP contribution is -2.05. The third kappa shape index (κ3) is 2.69. The second kappa shape index (κ2) is 4.80. The van der Waals surface area contributed by atoms with Gasteiger partial charge < -0.3 is 10.3 Å². The number of benzene rings is 1. The van der Waals surface area contributed by atoms with Gasteiger partial charge in [0.25, 0.3) is 0 Å². The molecule has 3 rings (SSSR count). The van der Waals surface area contributed by atoms with Gasteiger partial charge in [0, 0.05) is 12.7 Å². The Kier molecular flexibility index (Phi) is 3.08. The number of fused-ring (bicyclic) bond motifs is 1. The van der Waals surface area contributed by atoms with Crippen LogP contribution in [0.15, 0.2) is 48.8 Å². The molecule has 0 saturated heterocycles. The van der Waals surface area contributed by atoms with Gasteiger partial charge in [0.2, 0.25) is 0 Å². The highest BCUT2D eigenvalue weighted by atomic mass is 19.4. The first-order valence-corrected chi connectivity index (χ1v) is 6.30. The van der Waals surface area contributed by atoms with E-state index in [-0.39, 0.29) is 0 Å². The number of halogens is 3. The van der Waals surface area contributed by atoms with Gasteiger partial charge in [0.1, 0.15) is 0 Å². The van der Waals surface area contributed by atoms with Crippen molar-refractivity contribution in [1.29, 1.82) is 0 Å². The summed E-state index contributed by atoms with van der Waals surface area (Å²) in [5.41, 5.74) is 8.06. The van der Waals surface area contributed by atoms with E-state index in [0.717, 1.165) is 28.7 Å². The molecular formula is C15H12F3N3. The Bertz CT molecular complexity index is 773. The van der Waals surface area contributed by atoms with Crippen molar-refractivity contribution in [2.45, 2.75) is 12.7 Å². The summed E-state index contributed by atoms with van der Waals surface area (Å²) < 4.78 is 39.5. The lowest BCUT2D eigenvalue weighted by atomic mass is 10.1. The third-order valence-electron chi connectivity index (χ3n) is 3.27. The van der Waals surface area contributed by atoms with E-state index in [0.29, 0.717) is 12.2 Å². The van der Waals surface area contributed by atoms with Crippen molar-refractivity contribution in [3.05, 3.63) is 59.9 Å². The minimum absolute atomic E-state index is 0.465. The maximum absolute atomic E-state index is 12.5. The number of pyridine rings is 1. The van der Waals surface area contributed by atoms with Crippen molar-refractivity contribution in [3.63, 3.8) is 0 Å². The van der Waals surface area contributed by atoms with Gasteiger partial charge in [-0.2, -0.15) is 13.2 Å². The van der Waals surface area contributed by atoms with E-state index in [1.807, 2.05) is 16.8 Å². The minimum Gasteiger partial charge on any atom is -0.397 e. The maximum atomic E-state index is 12.5. The van der Waals surface area contributed by atoms with Crippen molar-refractivity contribution < 1.29 is 13.2 Å². The lowest BCUT2D eigenvalue weighted by Gasteiger charge is -2.09. The number of hydrogen-bond acceptors (Lipinski definition) is 2. The van der Waals surface area contributed by atoms with Gasteiger partial charge in [0.15, 0.2) is 0 Å². The fourth-order valence-electron chi connectivity index (χ4n) is 2.21. The van der Waals surface area contributed by atoms with Crippen molar-refractivity contribution in [2.24, 2.45) is 0 Å². The van der Waals surface area contributed by atoms with E-state index in [1.54, 1.807) is 12.3 Å². The molecule has 0 unspecified atom stereocenters. The first-order valence-electron chi connectivity index (χ1n) is 6.30. The number of nitrogens with zero attached hydrogens (tertiary/aromatic N) is 2. The van der Waals surface area contributed by atoms with E-state index in [2.05, 4.69) is 4.98 Å². The molecule has 3 aromatic rings. The summed E-state index contributed by atoms with van der Waals surface area (Å²) in [6.45, 7) is 0.465. The summed E-state index contributed by atoms with van der Waals surface area (Å²) in [6, 6.07) is 8.79. The van der Waals surface area contributed by atoms with Crippen molar-refractivity contribution in [2.75, 3.05) is 5.73 Å². The van der Waals surface area contributed by atoms with Gasteiger partial charge in [-0.05, 0) is 29.8 Å². The zero-order valence-electron chi connectivity index (χ0n) is 10.9. The van der Waals surface area contributed by atoms with Crippen LogP contribution in [0.5, 0.6) is 0 Å². The van der Waals surface area contributed by atoms with Crippen LogP contribution in [0.1, 0.15) is 11.1 Å². The average molecular weight is 291 g/mol. The average Bonchev–Trinajstić information content (AvgIpc) is 2.81. The third-order valence-corrected chi connectivity index (χ3v) is 3.27. The number of nitrogen functional groups attached to an aromatic ring is 1. The molecule has 2 N–H and O–H groups in total. The van der Waals surface area contributed by atoms with Gasteiger partial charge >= 0.3 is 6.18 Å². The zero-order chi connectivity index (χ0) is 15.0. The molecule has 0 saturated carbocycles. The van der Waals surface area contributed by atoms with Crippen LogP contribution in [0, 0.1) is 0 Å². The van der Waals surface area contributed by atoms with Crippen molar-refractivity contribution in [3.8, 4) is 0 Å². The Morgan fingerprint density at radius 2 is 1.81 bits per heavy atom. The first kappa shape index (κ1) is 13.5. The predicted octanol–water partition coefficient (Wildman–Crippen LogP) is 3.69. The molecule has 0 aliphatic heterocycles. The molecular weight excluding hydrogens is 279 g/mol. The SMILES string of the molecule is Nc1cnc2ccn(Cc3ccc(C(F)(F)F)cc3)c2c1. The van der Waals surface area contributed by atoms with Crippen LogP contribution >= 0.6 is 0 Å². The van der Waals surface area contributed by atoms with Crippen LogP contribution in [0.4, 0.5) is 18.9 Å². The molecule has 0 spiro atoms. The molecule has 6 heteroatoms. The molecule has 2 aromatic heterocycles. The predicted molar refractivity (Wildman–Crippen MR) is 74.7 cm³/mol. The van der Waals surface area contributed by atoms with E-state index in [9.17, 15) is 13.2 Å². The van der Waals surface area contributed by atoms with E-state index < -0.39 is 11.7 Å². The van der Waals surface area contributed by atoms with Gasteiger partial charge in [-0.15, -0.1) is 0 Å². The molecule has 2 heterocycles. The highest BCUT2D eigenvalue weighted by Gasteiger charge is 2.29. The Hall–Kier alpha value is -2.50. The minimum atomic E-state index is -4.31. The summed E-state index contributed by atoms with van der Waals surface area (Å²) in [4.78, 5) is 4.19. The van der Waals surface area contributed by atoms with Crippen LogP contribution in [-0.4, -0.2) is 9.55 Å². The second-order valence-electron chi connectivity index (χ2n) is 4.81. The van der Waals surface area contributed by atoms with Crippen LogP contribution < -0.4 is 5.73 Å². The summed E-state index contributed by atoms with van der Waals surface area (Å²) >= 11 is 0. The Labute approximate surface area is 118 Å². The zero-order valence-corrected chi connectivity index (χ0v) is 10.9.